The second-order valence-corrected chi connectivity index (χ2v) is 5.24. The quantitative estimate of drug-likeness (QED) is 0.694. The van der Waals surface area contributed by atoms with Crippen molar-refractivity contribution in [1.29, 1.82) is 0 Å². The first-order valence-corrected chi connectivity index (χ1v) is 7.42. The highest BCUT2D eigenvalue weighted by atomic mass is 35.5. The lowest BCUT2D eigenvalue weighted by atomic mass is 10.2. The van der Waals surface area contributed by atoms with Crippen molar-refractivity contribution in [3.8, 4) is 17.1 Å². The minimum Gasteiger partial charge on any atom is -0.484 e. The Morgan fingerprint density at radius 2 is 1.77 bits per heavy atom. The van der Waals surface area contributed by atoms with Crippen LogP contribution in [0.1, 0.15) is 18.4 Å². The van der Waals surface area contributed by atoms with Crippen molar-refractivity contribution in [3.05, 3.63) is 65.0 Å². The Morgan fingerprint density at radius 1 is 1.05 bits per heavy atom. The Hall–Kier alpha value is -2.33. The Bertz CT molecular complexity index is 736. The van der Waals surface area contributed by atoms with Gasteiger partial charge >= 0.3 is 0 Å². The Labute approximate surface area is 133 Å². The molecule has 0 radical (unpaired) electrons. The Balaban J connectivity index is 1.65. The summed E-state index contributed by atoms with van der Waals surface area (Å²) in [5.41, 5.74) is 2.13. The van der Waals surface area contributed by atoms with E-state index >= 15 is 0 Å². The first-order valence-electron chi connectivity index (χ1n) is 7.05. The third-order valence-electron chi connectivity index (χ3n) is 3.26. The molecule has 1 aromatic heterocycles. The zero-order valence-electron chi connectivity index (χ0n) is 12.1. The summed E-state index contributed by atoms with van der Waals surface area (Å²) in [6.45, 7) is 2.36. The number of hydrogen-bond donors (Lipinski definition) is 0. The molecule has 112 valence electrons. The van der Waals surface area contributed by atoms with E-state index < -0.39 is 0 Å². The molecule has 22 heavy (non-hydrogen) atoms. The van der Waals surface area contributed by atoms with Gasteiger partial charge in [0.05, 0.1) is 0 Å². The fourth-order valence-electron chi connectivity index (χ4n) is 2.00. The minimum absolute atomic E-state index is 0.242. The molecular weight excluding hydrogens is 300 g/mol. The average molecular weight is 315 g/mol. The second kappa shape index (κ2) is 6.62. The van der Waals surface area contributed by atoms with E-state index in [2.05, 4.69) is 17.1 Å². The Morgan fingerprint density at radius 3 is 2.45 bits per heavy atom. The van der Waals surface area contributed by atoms with Crippen molar-refractivity contribution in [2.24, 2.45) is 0 Å². The van der Waals surface area contributed by atoms with Gasteiger partial charge in [0.2, 0.25) is 5.82 Å². The molecule has 3 rings (SSSR count). The molecule has 2 aromatic carbocycles. The van der Waals surface area contributed by atoms with Gasteiger partial charge in [-0.25, -0.2) is 0 Å². The van der Waals surface area contributed by atoms with E-state index in [0.717, 1.165) is 17.7 Å². The normalized spacial score (nSPS) is 10.6. The summed E-state index contributed by atoms with van der Waals surface area (Å²) in [7, 11) is 0. The zero-order valence-corrected chi connectivity index (χ0v) is 12.9. The molecule has 5 heteroatoms. The molecule has 0 unspecified atom stereocenters. The number of ether oxygens (including phenoxy) is 1. The van der Waals surface area contributed by atoms with Gasteiger partial charge in [-0.1, -0.05) is 35.8 Å². The van der Waals surface area contributed by atoms with Gasteiger partial charge < -0.3 is 9.26 Å². The molecule has 0 aliphatic heterocycles. The number of aromatic nitrogens is 2. The highest BCUT2D eigenvalue weighted by Crippen LogP contribution is 2.19. The predicted molar refractivity (Wildman–Crippen MR) is 84.9 cm³/mol. The van der Waals surface area contributed by atoms with Crippen molar-refractivity contribution in [3.63, 3.8) is 0 Å². The monoisotopic (exact) mass is 314 g/mol. The van der Waals surface area contributed by atoms with Crippen molar-refractivity contribution >= 4 is 11.6 Å². The lowest BCUT2D eigenvalue weighted by molar-refractivity contribution is 0.243. The molecule has 0 bridgehead atoms. The molecule has 0 aliphatic carbocycles. The number of aryl methyl sites for hydroxylation is 1. The number of halogens is 1. The summed E-state index contributed by atoms with van der Waals surface area (Å²) in [5, 5.41) is 4.62. The molecule has 4 nitrogen and oxygen atoms in total. The predicted octanol–water partition coefficient (Wildman–Crippen LogP) is 4.53. The highest BCUT2D eigenvalue weighted by molar-refractivity contribution is 6.30. The van der Waals surface area contributed by atoms with Gasteiger partial charge in [0.1, 0.15) is 5.75 Å². The maximum atomic E-state index is 5.86. The molecule has 0 amide bonds. The molecule has 0 spiro atoms. The number of nitrogens with zero attached hydrogens (tertiary/aromatic N) is 2. The van der Waals surface area contributed by atoms with Gasteiger partial charge in [-0.2, -0.15) is 4.98 Å². The molecule has 0 saturated carbocycles. The van der Waals surface area contributed by atoms with E-state index in [9.17, 15) is 0 Å². The van der Waals surface area contributed by atoms with Crippen molar-refractivity contribution < 1.29 is 9.26 Å². The largest absolute Gasteiger partial charge is 0.484 e. The lowest BCUT2D eigenvalue weighted by Crippen LogP contribution is -1.95. The van der Waals surface area contributed by atoms with Crippen molar-refractivity contribution in [2.75, 3.05) is 0 Å². The van der Waals surface area contributed by atoms with Crippen molar-refractivity contribution in [1.82, 2.24) is 10.1 Å². The highest BCUT2D eigenvalue weighted by Gasteiger charge is 2.09. The van der Waals surface area contributed by atoms with E-state index in [1.54, 1.807) is 12.1 Å². The minimum atomic E-state index is 0.242. The molecule has 0 fully saturated rings. The van der Waals surface area contributed by atoms with Gasteiger partial charge in [-0.05, 0) is 48.4 Å². The third kappa shape index (κ3) is 3.46. The van der Waals surface area contributed by atoms with Crippen LogP contribution < -0.4 is 4.74 Å². The average Bonchev–Trinajstić information content (AvgIpc) is 3.03. The van der Waals surface area contributed by atoms with E-state index in [0.29, 0.717) is 16.7 Å². The van der Waals surface area contributed by atoms with Gasteiger partial charge in [0, 0.05) is 10.6 Å². The van der Waals surface area contributed by atoms with Crippen LogP contribution in [0.4, 0.5) is 0 Å². The van der Waals surface area contributed by atoms with E-state index in [4.69, 9.17) is 20.9 Å². The van der Waals surface area contributed by atoms with Gasteiger partial charge in [0.25, 0.3) is 5.89 Å². The molecule has 0 saturated heterocycles. The SMILES string of the molecule is CCc1ccc(OCc2nc(-c3ccc(Cl)cc3)no2)cc1. The van der Waals surface area contributed by atoms with Crippen LogP contribution >= 0.6 is 11.6 Å². The van der Waals surface area contributed by atoms with Crippen molar-refractivity contribution in [2.45, 2.75) is 20.0 Å². The van der Waals surface area contributed by atoms with Crippen LogP contribution in [0.3, 0.4) is 0 Å². The van der Waals surface area contributed by atoms with Crippen LogP contribution in [0.2, 0.25) is 5.02 Å². The molecule has 1 heterocycles. The molecule has 0 atom stereocenters. The van der Waals surface area contributed by atoms with Crippen LogP contribution in [0.5, 0.6) is 5.75 Å². The summed E-state index contributed by atoms with van der Waals surface area (Å²) in [5.74, 6) is 1.74. The fraction of sp³-hybridized carbons (Fsp3) is 0.176. The maximum absolute atomic E-state index is 5.86. The Kier molecular flexibility index (Phi) is 4.39. The molecular formula is C17H15ClN2O2. The summed E-state index contributed by atoms with van der Waals surface area (Å²) in [4.78, 5) is 4.31. The maximum Gasteiger partial charge on any atom is 0.264 e. The summed E-state index contributed by atoms with van der Waals surface area (Å²) in [6, 6.07) is 15.2. The third-order valence-corrected chi connectivity index (χ3v) is 3.52. The van der Waals surface area contributed by atoms with Crippen LogP contribution in [-0.4, -0.2) is 10.1 Å². The zero-order chi connectivity index (χ0) is 15.4. The van der Waals surface area contributed by atoms with Crippen LogP contribution in [0, 0.1) is 0 Å². The van der Waals surface area contributed by atoms with E-state index in [1.165, 1.54) is 5.56 Å². The van der Waals surface area contributed by atoms with Crippen LogP contribution in [-0.2, 0) is 13.0 Å². The van der Waals surface area contributed by atoms with Crippen LogP contribution in [0.25, 0.3) is 11.4 Å². The van der Waals surface area contributed by atoms with Gasteiger partial charge in [-0.3, -0.25) is 0 Å². The second-order valence-electron chi connectivity index (χ2n) is 4.80. The fourth-order valence-corrected chi connectivity index (χ4v) is 2.12. The standard InChI is InChI=1S/C17H15ClN2O2/c1-2-12-3-9-15(10-4-12)21-11-16-19-17(20-22-16)13-5-7-14(18)8-6-13/h3-10H,2,11H2,1H3. The molecule has 0 aliphatic rings. The number of rotatable bonds is 5. The first-order chi connectivity index (χ1) is 10.7. The smallest absolute Gasteiger partial charge is 0.264 e. The number of benzene rings is 2. The van der Waals surface area contributed by atoms with Crippen LogP contribution in [0.15, 0.2) is 53.1 Å². The first kappa shape index (κ1) is 14.6. The summed E-state index contributed by atoms with van der Waals surface area (Å²) in [6.07, 6.45) is 1.01. The summed E-state index contributed by atoms with van der Waals surface area (Å²) >= 11 is 5.86. The summed E-state index contributed by atoms with van der Waals surface area (Å²) < 4.78 is 10.8. The van der Waals surface area contributed by atoms with E-state index in [1.807, 2.05) is 36.4 Å². The van der Waals surface area contributed by atoms with E-state index in [-0.39, 0.29) is 6.61 Å². The van der Waals surface area contributed by atoms with Gasteiger partial charge in [-0.15, -0.1) is 0 Å². The topological polar surface area (TPSA) is 48.2 Å². The van der Waals surface area contributed by atoms with Gasteiger partial charge in [0.15, 0.2) is 6.61 Å². The molecule has 0 N–H and O–H groups in total. The molecule has 3 aromatic rings. The lowest BCUT2D eigenvalue weighted by Gasteiger charge is -2.03. The number of hydrogen-bond acceptors (Lipinski definition) is 4.